The fourth-order valence-electron chi connectivity index (χ4n) is 0.742. The number of hydrogen-bond acceptors (Lipinski definition) is 4. The summed E-state index contributed by atoms with van der Waals surface area (Å²) in [7, 11) is 0. The second kappa shape index (κ2) is 5.50. The van der Waals surface area contributed by atoms with Crippen LogP contribution in [0.25, 0.3) is 0 Å². The van der Waals surface area contributed by atoms with Gasteiger partial charge in [-0.1, -0.05) is 0 Å². The molecule has 0 saturated carbocycles. The van der Waals surface area contributed by atoms with Crippen LogP contribution < -0.4 is 5.73 Å². The second-order valence-electron chi connectivity index (χ2n) is 2.73. The SMILES string of the molecule is CC(=O)N(O)CCCC(N)C(=O)O. The number of carboxylic acid groups (broad SMARTS) is 1. The summed E-state index contributed by atoms with van der Waals surface area (Å²) < 4.78 is 0. The lowest BCUT2D eigenvalue weighted by molar-refractivity contribution is -0.162. The zero-order valence-corrected chi connectivity index (χ0v) is 7.43. The Hall–Kier alpha value is -1.14. The van der Waals surface area contributed by atoms with Crippen molar-refractivity contribution in [3.8, 4) is 0 Å². The van der Waals surface area contributed by atoms with Crippen LogP contribution in [0.3, 0.4) is 0 Å². The Balaban J connectivity index is 3.56. The molecule has 76 valence electrons. The van der Waals surface area contributed by atoms with Crippen LogP contribution in [0.5, 0.6) is 0 Å². The van der Waals surface area contributed by atoms with Gasteiger partial charge in [0.15, 0.2) is 0 Å². The molecule has 6 heteroatoms. The number of aliphatic carboxylic acids is 1. The molecule has 0 saturated heterocycles. The molecule has 0 aromatic heterocycles. The van der Waals surface area contributed by atoms with Gasteiger partial charge in [-0.25, -0.2) is 5.06 Å². The first-order valence-electron chi connectivity index (χ1n) is 3.90. The van der Waals surface area contributed by atoms with Crippen LogP contribution in [-0.4, -0.2) is 39.8 Å². The minimum atomic E-state index is -1.08. The molecule has 0 heterocycles. The van der Waals surface area contributed by atoms with E-state index in [0.29, 0.717) is 11.5 Å². The van der Waals surface area contributed by atoms with E-state index in [9.17, 15) is 9.59 Å². The van der Waals surface area contributed by atoms with Crippen molar-refractivity contribution in [2.24, 2.45) is 5.73 Å². The molecule has 1 unspecified atom stereocenters. The molecule has 0 radical (unpaired) electrons. The average molecular weight is 190 g/mol. The Labute approximate surface area is 75.9 Å². The summed E-state index contributed by atoms with van der Waals surface area (Å²) >= 11 is 0. The molecule has 0 aliphatic heterocycles. The van der Waals surface area contributed by atoms with E-state index in [1.165, 1.54) is 6.92 Å². The van der Waals surface area contributed by atoms with Gasteiger partial charge in [-0.3, -0.25) is 14.8 Å². The van der Waals surface area contributed by atoms with Crippen LogP contribution in [0.4, 0.5) is 0 Å². The largest absolute Gasteiger partial charge is 0.480 e. The van der Waals surface area contributed by atoms with Crippen LogP contribution in [0.15, 0.2) is 0 Å². The number of amides is 1. The van der Waals surface area contributed by atoms with Crippen molar-refractivity contribution in [2.45, 2.75) is 25.8 Å². The van der Waals surface area contributed by atoms with Gasteiger partial charge in [0.05, 0.1) is 0 Å². The van der Waals surface area contributed by atoms with Gasteiger partial charge in [0.2, 0.25) is 5.91 Å². The third kappa shape index (κ3) is 5.15. The molecule has 6 nitrogen and oxygen atoms in total. The number of carbonyl (C=O) groups excluding carboxylic acids is 1. The van der Waals surface area contributed by atoms with Crippen molar-refractivity contribution in [2.75, 3.05) is 6.54 Å². The average Bonchev–Trinajstić information content (AvgIpc) is 2.03. The van der Waals surface area contributed by atoms with Gasteiger partial charge in [-0.05, 0) is 12.8 Å². The number of nitrogens with zero attached hydrogens (tertiary/aromatic N) is 1. The van der Waals surface area contributed by atoms with E-state index in [4.69, 9.17) is 16.0 Å². The van der Waals surface area contributed by atoms with Gasteiger partial charge in [-0.15, -0.1) is 0 Å². The molecule has 0 rings (SSSR count). The third-order valence-electron chi connectivity index (χ3n) is 1.57. The Morgan fingerprint density at radius 2 is 2.08 bits per heavy atom. The standard InChI is InChI=1S/C7H14N2O4/c1-5(10)9(13)4-2-3-6(8)7(11)12/h6,13H,2-4,8H2,1H3,(H,11,12). The number of hydroxylamine groups is 2. The number of carboxylic acids is 1. The number of nitrogens with two attached hydrogens (primary N) is 1. The van der Waals surface area contributed by atoms with Gasteiger partial charge < -0.3 is 10.8 Å². The van der Waals surface area contributed by atoms with Crippen molar-refractivity contribution < 1.29 is 19.9 Å². The van der Waals surface area contributed by atoms with Crippen molar-refractivity contribution in [1.82, 2.24) is 5.06 Å². The van der Waals surface area contributed by atoms with Gasteiger partial charge in [0.1, 0.15) is 6.04 Å². The Bertz CT molecular complexity index is 175. The molecule has 0 aromatic rings. The van der Waals surface area contributed by atoms with Crippen molar-refractivity contribution >= 4 is 11.9 Å². The van der Waals surface area contributed by atoms with E-state index in [-0.39, 0.29) is 13.0 Å². The van der Waals surface area contributed by atoms with Gasteiger partial charge >= 0.3 is 5.97 Å². The topological polar surface area (TPSA) is 104 Å². The highest BCUT2D eigenvalue weighted by Crippen LogP contribution is 1.96. The highest BCUT2D eigenvalue weighted by molar-refractivity contribution is 5.73. The van der Waals surface area contributed by atoms with E-state index in [1.54, 1.807) is 0 Å². The lowest BCUT2D eigenvalue weighted by atomic mass is 10.2. The summed E-state index contributed by atoms with van der Waals surface area (Å²) in [6, 6.07) is -0.930. The van der Waals surface area contributed by atoms with Gasteiger partial charge in [0.25, 0.3) is 0 Å². The maximum Gasteiger partial charge on any atom is 0.320 e. The maximum absolute atomic E-state index is 10.5. The minimum absolute atomic E-state index is 0.107. The Kier molecular flexibility index (Phi) is 5.01. The monoisotopic (exact) mass is 190 g/mol. The first-order chi connectivity index (χ1) is 5.95. The summed E-state index contributed by atoms with van der Waals surface area (Å²) in [5, 5.41) is 17.8. The highest BCUT2D eigenvalue weighted by atomic mass is 16.5. The molecular weight excluding hydrogens is 176 g/mol. The fraction of sp³-hybridized carbons (Fsp3) is 0.714. The van der Waals surface area contributed by atoms with Crippen LogP contribution in [-0.2, 0) is 9.59 Å². The molecule has 1 amide bonds. The van der Waals surface area contributed by atoms with Crippen LogP contribution >= 0.6 is 0 Å². The Morgan fingerprint density at radius 1 is 1.54 bits per heavy atom. The lowest BCUT2D eigenvalue weighted by Gasteiger charge is -2.12. The maximum atomic E-state index is 10.5. The first kappa shape index (κ1) is 11.9. The molecule has 4 N–H and O–H groups in total. The summed E-state index contributed by atoms with van der Waals surface area (Å²) in [6.07, 6.45) is 0.600. The quantitative estimate of drug-likeness (QED) is 0.397. The summed E-state index contributed by atoms with van der Waals surface area (Å²) in [6.45, 7) is 1.33. The molecule has 0 aromatic carbocycles. The lowest BCUT2D eigenvalue weighted by Crippen LogP contribution is -2.32. The van der Waals surface area contributed by atoms with Crippen molar-refractivity contribution in [1.29, 1.82) is 0 Å². The zero-order valence-electron chi connectivity index (χ0n) is 7.43. The van der Waals surface area contributed by atoms with E-state index < -0.39 is 17.9 Å². The molecule has 0 bridgehead atoms. The molecule has 0 aliphatic rings. The number of hydrogen-bond donors (Lipinski definition) is 3. The minimum Gasteiger partial charge on any atom is -0.480 e. The zero-order chi connectivity index (χ0) is 10.4. The van der Waals surface area contributed by atoms with Gasteiger partial charge in [0, 0.05) is 13.5 Å². The van der Waals surface area contributed by atoms with Crippen LogP contribution in [0.2, 0.25) is 0 Å². The predicted octanol–water partition coefficient (Wildman–Crippen LogP) is -0.584. The predicted molar refractivity (Wildman–Crippen MR) is 44.0 cm³/mol. The smallest absolute Gasteiger partial charge is 0.320 e. The molecule has 1 atom stereocenters. The molecule has 0 spiro atoms. The molecule has 13 heavy (non-hydrogen) atoms. The van der Waals surface area contributed by atoms with Crippen LogP contribution in [0, 0.1) is 0 Å². The van der Waals surface area contributed by atoms with Gasteiger partial charge in [-0.2, -0.15) is 0 Å². The van der Waals surface area contributed by atoms with E-state index in [1.807, 2.05) is 0 Å². The second-order valence-corrected chi connectivity index (χ2v) is 2.73. The van der Waals surface area contributed by atoms with Crippen molar-refractivity contribution in [3.63, 3.8) is 0 Å². The normalized spacial score (nSPS) is 12.2. The number of carbonyl (C=O) groups is 2. The number of rotatable bonds is 5. The molecular formula is C7H14N2O4. The van der Waals surface area contributed by atoms with Crippen LogP contribution in [0.1, 0.15) is 19.8 Å². The molecule has 0 aliphatic carbocycles. The summed E-state index contributed by atoms with van der Waals surface area (Å²) in [5.74, 6) is -1.55. The fourth-order valence-corrected chi connectivity index (χ4v) is 0.742. The summed E-state index contributed by atoms with van der Waals surface area (Å²) in [5.41, 5.74) is 5.19. The first-order valence-corrected chi connectivity index (χ1v) is 3.90. The summed E-state index contributed by atoms with van der Waals surface area (Å²) in [4.78, 5) is 20.7. The third-order valence-corrected chi connectivity index (χ3v) is 1.57. The molecule has 0 fully saturated rings. The van der Waals surface area contributed by atoms with Crippen molar-refractivity contribution in [3.05, 3.63) is 0 Å². The van der Waals surface area contributed by atoms with E-state index in [0.717, 1.165) is 0 Å². The van der Waals surface area contributed by atoms with E-state index >= 15 is 0 Å². The Morgan fingerprint density at radius 3 is 2.46 bits per heavy atom. The van der Waals surface area contributed by atoms with E-state index in [2.05, 4.69) is 0 Å². The highest BCUT2D eigenvalue weighted by Gasteiger charge is 2.11.